The maximum absolute atomic E-state index is 13.0. The zero-order valence-corrected chi connectivity index (χ0v) is 15.6. The van der Waals surface area contributed by atoms with Crippen LogP contribution in [0.15, 0.2) is 45.2 Å². The number of methoxy groups -OCH3 is 1. The van der Waals surface area contributed by atoms with E-state index in [4.69, 9.17) is 27.9 Å². The van der Waals surface area contributed by atoms with Crippen molar-refractivity contribution < 1.29 is 22.7 Å². The molecule has 27 heavy (non-hydrogen) atoms. The molecule has 0 unspecified atom stereocenters. The van der Waals surface area contributed by atoms with Gasteiger partial charge >= 0.3 is 6.18 Å². The van der Waals surface area contributed by atoms with E-state index in [0.717, 1.165) is 16.8 Å². The molecule has 144 valence electrons. The summed E-state index contributed by atoms with van der Waals surface area (Å²) in [6, 6.07) is 3.36. The Hall–Kier alpha value is -2.52. The first-order valence-electron chi connectivity index (χ1n) is 7.23. The Kier molecular flexibility index (Phi) is 6.17. The number of pyridine rings is 1. The van der Waals surface area contributed by atoms with E-state index in [-0.39, 0.29) is 32.7 Å². The van der Waals surface area contributed by atoms with Gasteiger partial charge < -0.3 is 10.1 Å². The predicted octanol–water partition coefficient (Wildman–Crippen LogP) is 4.34. The molecule has 0 aliphatic rings. The highest BCUT2D eigenvalue weighted by Gasteiger charge is 2.35. The van der Waals surface area contributed by atoms with Crippen LogP contribution in [-0.4, -0.2) is 29.3 Å². The average Bonchev–Trinajstić information content (AvgIpc) is 3.04. The Morgan fingerprint density at radius 1 is 1.41 bits per heavy atom. The normalized spacial score (nSPS) is 13.4. The Labute approximate surface area is 161 Å². The molecule has 0 aliphatic heterocycles. The zero-order chi connectivity index (χ0) is 20.4. The van der Waals surface area contributed by atoms with Crippen LogP contribution in [0.1, 0.15) is 23.0 Å². The van der Waals surface area contributed by atoms with Crippen molar-refractivity contribution in [2.75, 3.05) is 7.11 Å². The largest absolute Gasteiger partial charge is 0.481 e. The number of hydrogen-bond donors (Lipinski definition) is 1. The number of carbonyl (C=O) groups excluding carboxylic acids is 1. The molecular weight excluding hydrogens is 408 g/mol. The highest BCUT2D eigenvalue weighted by Crippen LogP contribution is 2.31. The van der Waals surface area contributed by atoms with Gasteiger partial charge in [-0.05, 0) is 25.8 Å². The summed E-state index contributed by atoms with van der Waals surface area (Å²) in [5.41, 5.74) is -1.32. The van der Waals surface area contributed by atoms with Crippen LogP contribution < -0.4 is 10.1 Å². The fourth-order valence-electron chi connectivity index (χ4n) is 2.17. The van der Waals surface area contributed by atoms with E-state index < -0.39 is 17.8 Å². The van der Waals surface area contributed by atoms with Crippen LogP contribution in [0.3, 0.4) is 0 Å². The maximum Gasteiger partial charge on any atom is 0.435 e. The van der Waals surface area contributed by atoms with Crippen LogP contribution in [0.5, 0.6) is 5.88 Å². The number of aliphatic imine (C=N–C) groups is 1. The summed E-state index contributed by atoms with van der Waals surface area (Å²) in [6.07, 6.45) is -3.53. The van der Waals surface area contributed by atoms with Crippen molar-refractivity contribution in [2.45, 2.75) is 13.1 Å². The quantitative estimate of drug-likeness (QED) is 0.577. The number of amides is 1. The maximum atomic E-state index is 13.0. The molecule has 0 saturated heterocycles. The van der Waals surface area contributed by atoms with Gasteiger partial charge in [0.25, 0.3) is 5.91 Å². The lowest BCUT2D eigenvalue weighted by Crippen LogP contribution is -2.24. The van der Waals surface area contributed by atoms with Gasteiger partial charge in [-0.15, -0.1) is 0 Å². The first kappa shape index (κ1) is 20.8. The molecule has 0 atom stereocenters. The molecule has 2 aromatic heterocycles. The van der Waals surface area contributed by atoms with Crippen molar-refractivity contribution in [3.63, 3.8) is 0 Å². The fraction of sp³-hybridized carbons (Fsp3) is 0.188. The minimum atomic E-state index is -4.69. The first-order valence-corrected chi connectivity index (χ1v) is 7.99. The second kappa shape index (κ2) is 8.01. The standard InChI is InChI=1S/C16H13Cl2F3N4O2/c1-8(17)14(10(18)7-22-2)23-15(26)9-4-5-13(27-3)25-11(9)6-12(24-25)16(19,20)21/h4-7H,2H2,1,3H3,(H,23,26)/b10-7+,14-8-. The van der Waals surface area contributed by atoms with E-state index >= 15 is 0 Å². The predicted molar refractivity (Wildman–Crippen MR) is 96.3 cm³/mol. The number of nitrogens with zero attached hydrogens (tertiary/aromatic N) is 3. The lowest BCUT2D eigenvalue weighted by atomic mass is 10.2. The molecule has 1 N–H and O–H groups in total. The van der Waals surface area contributed by atoms with Crippen LogP contribution in [0, 0.1) is 0 Å². The average molecular weight is 421 g/mol. The SMILES string of the molecule is C=N/C=C(Cl)\C(NC(=O)c1ccc(OC)n2nc(C(F)(F)F)cc12)=C(/C)Cl. The number of rotatable bonds is 5. The second-order valence-corrected chi connectivity index (χ2v) is 6.11. The Morgan fingerprint density at radius 3 is 2.59 bits per heavy atom. The zero-order valence-electron chi connectivity index (χ0n) is 14.1. The van der Waals surface area contributed by atoms with Gasteiger partial charge in [0, 0.05) is 17.3 Å². The van der Waals surface area contributed by atoms with Gasteiger partial charge in [-0.3, -0.25) is 9.79 Å². The Morgan fingerprint density at radius 2 is 2.07 bits per heavy atom. The molecule has 2 heterocycles. The van der Waals surface area contributed by atoms with E-state index in [1.165, 1.54) is 26.2 Å². The lowest BCUT2D eigenvalue weighted by Gasteiger charge is -2.12. The number of alkyl halides is 3. The van der Waals surface area contributed by atoms with Crippen LogP contribution in [0.4, 0.5) is 13.2 Å². The summed E-state index contributed by atoms with van der Waals surface area (Å²) in [5, 5.41) is 6.06. The van der Waals surface area contributed by atoms with Gasteiger partial charge in [0.1, 0.15) is 0 Å². The molecule has 0 radical (unpaired) electrons. The molecular formula is C16H13Cl2F3N4O2. The number of ether oxygens (including phenoxy) is 1. The van der Waals surface area contributed by atoms with Gasteiger partial charge in [0.2, 0.25) is 5.88 Å². The van der Waals surface area contributed by atoms with Gasteiger partial charge in [0.05, 0.1) is 28.9 Å². The summed E-state index contributed by atoms with van der Waals surface area (Å²) in [6.45, 7) is 4.72. The Bertz CT molecular complexity index is 960. The summed E-state index contributed by atoms with van der Waals surface area (Å²) in [4.78, 5) is 16.1. The minimum absolute atomic E-state index is 0.000120. The monoisotopic (exact) mass is 420 g/mol. The van der Waals surface area contributed by atoms with E-state index in [2.05, 4.69) is 22.1 Å². The van der Waals surface area contributed by atoms with Crippen molar-refractivity contribution in [3.8, 4) is 5.88 Å². The number of nitrogens with one attached hydrogen (secondary N) is 1. The van der Waals surface area contributed by atoms with Crippen molar-refractivity contribution >= 4 is 41.3 Å². The molecule has 0 aromatic carbocycles. The van der Waals surface area contributed by atoms with Crippen molar-refractivity contribution in [1.82, 2.24) is 14.9 Å². The topological polar surface area (TPSA) is 68.0 Å². The molecule has 2 aromatic rings. The number of hydrogen-bond acceptors (Lipinski definition) is 4. The van der Waals surface area contributed by atoms with Crippen LogP contribution in [0.2, 0.25) is 0 Å². The number of halogens is 5. The smallest absolute Gasteiger partial charge is 0.435 e. The molecule has 2 rings (SSSR count). The molecule has 0 fully saturated rings. The molecule has 0 aliphatic carbocycles. The summed E-state index contributed by atoms with van der Waals surface area (Å²) >= 11 is 11.9. The lowest BCUT2D eigenvalue weighted by molar-refractivity contribution is -0.141. The molecule has 0 bridgehead atoms. The highest BCUT2D eigenvalue weighted by atomic mass is 35.5. The Balaban J connectivity index is 2.56. The third-order valence-corrected chi connectivity index (χ3v) is 3.83. The molecule has 0 saturated carbocycles. The number of fused-ring (bicyclic) bond motifs is 1. The number of carbonyl (C=O) groups is 1. The summed E-state index contributed by atoms with van der Waals surface area (Å²) in [7, 11) is 1.27. The molecule has 11 heteroatoms. The van der Waals surface area contributed by atoms with Gasteiger partial charge in [-0.2, -0.15) is 22.8 Å². The van der Waals surface area contributed by atoms with Crippen LogP contribution in [-0.2, 0) is 6.18 Å². The third-order valence-electron chi connectivity index (χ3n) is 3.36. The molecule has 6 nitrogen and oxygen atoms in total. The molecule has 0 spiro atoms. The van der Waals surface area contributed by atoms with E-state index in [1.54, 1.807) is 0 Å². The first-order chi connectivity index (χ1) is 12.6. The van der Waals surface area contributed by atoms with E-state index in [0.29, 0.717) is 0 Å². The van der Waals surface area contributed by atoms with E-state index in [1.807, 2.05) is 0 Å². The minimum Gasteiger partial charge on any atom is -0.481 e. The van der Waals surface area contributed by atoms with Gasteiger partial charge in [-0.1, -0.05) is 23.2 Å². The van der Waals surface area contributed by atoms with Crippen LogP contribution in [0.25, 0.3) is 5.52 Å². The number of allylic oxidation sites excluding steroid dienone is 2. The van der Waals surface area contributed by atoms with Crippen molar-refractivity contribution in [1.29, 1.82) is 0 Å². The van der Waals surface area contributed by atoms with E-state index in [9.17, 15) is 18.0 Å². The fourth-order valence-corrected chi connectivity index (χ4v) is 2.63. The van der Waals surface area contributed by atoms with Crippen molar-refractivity contribution in [2.24, 2.45) is 4.99 Å². The molecule has 1 amide bonds. The van der Waals surface area contributed by atoms with Crippen LogP contribution >= 0.6 is 23.2 Å². The third kappa shape index (κ3) is 4.42. The second-order valence-electron chi connectivity index (χ2n) is 5.14. The van der Waals surface area contributed by atoms with Gasteiger partial charge in [-0.25, -0.2) is 0 Å². The summed E-state index contributed by atoms with van der Waals surface area (Å²) in [5.74, 6) is -0.725. The summed E-state index contributed by atoms with van der Waals surface area (Å²) < 4.78 is 44.9. The number of aromatic nitrogens is 2. The van der Waals surface area contributed by atoms with Crippen molar-refractivity contribution in [3.05, 3.63) is 51.4 Å². The highest BCUT2D eigenvalue weighted by molar-refractivity contribution is 6.35. The van der Waals surface area contributed by atoms with Gasteiger partial charge in [0.15, 0.2) is 5.69 Å².